The van der Waals surface area contributed by atoms with E-state index in [1.165, 1.54) is 7.11 Å². The highest BCUT2D eigenvalue weighted by molar-refractivity contribution is 6.47. The lowest BCUT2D eigenvalue weighted by Gasteiger charge is -2.05. The van der Waals surface area contributed by atoms with Gasteiger partial charge in [0.2, 0.25) is 0 Å². The molecular weight excluding hydrogens is 204 g/mol. The molecule has 14 heavy (non-hydrogen) atoms. The van der Waals surface area contributed by atoms with Gasteiger partial charge >= 0.3 is 5.97 Å². The van der Waals surface area contributed by atoms with Crippen LogP contribution in [0.1, 0.15) is 39.0 Å². The van der Waals surface area contributed by atoms with E-state index in [4.69, 9.17) is 11.6 Å². The van der Waals surface area contributed by atoms with Crippen molar-refractivity contribution < 1.29 is 14.3 Å². The number of Topliss-reactive ketones (excluding diaryl/α,β-unsaturated/α-hetero) is 1. The molecule has 3 nitrogen and oxygen atoms in total. The van der Waals surface area contributed by atoms with Gasteiger partial charge in [-0.3, -0.25) is 4.79 Å². The second kappa shape index (κ2) is 7.80. The molecule has 0 aliphatic rings. The molecular formula is C10H17ClO3. The third-order valence-electron chi connectivity index (χ3n) is 1.98. The molecule has 0 aliphatic heterocycles. The lowest BCUT2D eigenvalue weighted by Crippen LogP contribution is -2.25. The topological polar surface area (TPSA) is 43.4 Å². The Morgan fingerprint density at radius 1 is 1.29 bits per heavy atom. The number of esters is 1. The van der Waals surface area contributed by atoms with Gasteiger partial charge in [-0.15, -0.1) is 11.6 Å². The van der Waals surface area contributed by atoms with Crippen LogP contribution in [0.3, 0.4) is 0 Å². The molecule has 0 spiro atoms. The highest BCUT2D eigenvalue weighted by Gasteiger charge is 2.23. The minimum Gasteiger partial charge on any atom is -0.463 e. The van der Waals surface area contributed by atoms with Crippen molar-refractivity contribution in [2.24, 2.45) is 0 Å². The van der Waals surface area contributed by atoms with Crippen molar-refractivity contribution in [1.29, 1.82) is 0 Å². The zero-order valence-electron chi connectivity index (χ0n) is 8.72. The Labute approximate surface area is 89.8 Å². The summed E-state index contributed by atoms with van der Waals surface area (Å²) < 4.78 is 4.29. The fraction of sp³-hybridized carbons (Fsp3) is 0.800. The number of carbonyl (C=O) groups excluding carboxylic acids is 2. The molecule has 0 aromatic rings. The minimum atomic E-state index is -0.847. The second-order valence-corrected chi connectivity index (χ2v) is 3.70. The average Bonchev–Trinajstić information content (AvgIpc) is 2.21. The Morgan fingerprint density at radius 2 is 1.93 bits per heavy atom. The summed E-state index contributed by atoms with van der Waals surface area (Å²) >= 11 is 5.73. The highest BCUT2D eigenvalue weighted by Crippen LogP contribution is 2.11. The van der Waals surface area contributed by atoms with Gasteiger partial charge in [-0.25, -0.2) is 4.79 Å². The molecule has 1 unspecified atom stereocenters. The molecule has 0 saturated heterocycles. The van der Waals surface area contributed by atoms with E-state index < -0.39 is 17.1 Å². The minimum absolute atomic E-state index is 0.551. The maximum absolute atomic E-state index is 11.1. The Kier molecular flexibility index (Phi) is 7.48. The first kappa shape index (κ1) is 13.4. The number of methoxy groups -OCH3 is 1. The summed E-state index contributed by atoms with van der Waals surface area (Å²) in [5.41, 5.74) is 0. The second-order valence-electron chi connectivity index (χ2n) is 3.17. The molecule has 0 bridgehead atoms. The van der Waals surface area contributed by atoms with Gasteiger partial charge in [0.1, 0.15) is 5.38 Å². The van der Waals surface area contributed by atoms with Crippen LogP contribution in [0.2, 0.25) is 0 Å². The maximum Gasteiger partial charge on any atom is 0.375 e. The molecule has 0 amide bonds. The molecule has 0 N–H and O–H groups in total. The number of alkyl halides is 1. The van der Waals surface area contributed by atoms with Crippen molar-refractivity contribution in [2.45, 2.75) is 44.4 Å². The van der Waals surface area contributed by atoms with Crippen molar-refractivity contribution in [3.05, 3.63) is 0 Å². The van der Waals surface area contributed by atoms with E-state index in [9.17, 15) is 9.59 Å². The summed E-state index contributed by atoms with van der Waals surface area (Å²) in [5.74, 6) is -1.48. The summed E-state index contributed by atoms with van der Waals surface area (Å²) in [4.78, 5) is 21.9. The standard InChI is InChI=1S/C10H17ClO3/c1-3-4-5-6-7-8(11)9(12)10(13)14-2/h8H,3-7H2,1-2H3. The quantitative estimate of drug-likeness (QED) is 0.286. The van der Waals surface area contributed by atoms with Crippen LogP contribution in [-0.4, -0.2) is 24.2 Å². The third kappa shape index (κ3) is 5.22. The monoisotopic (exact) mass is 220 g/mol. The van der Waals surface area contributed by atoms with Crippen LogP contribution in [0.5, 0.6) is 0 Å². The van der Waals surface area contributed by atoms with Gasteiger partial charge in [0.05, 0.1) is 7.11 Å². The van der Waals surface area contributed by atoms with Gasteiger partial charge in [-0.05, 0) is 6.42 Å². The summed E-state index contributed by atoms with van der Waals surface area (Å²) in [6.45, 7) is 2.11. The summed E-state index contributed by atoms with van der Waals surface area (Å²) in [6, 6.07) is 0. The van der Waals surface area contributed by atoms with E-state index in [0.717, 1.165) is 25.7 Å². The number of halogens is 1. The first-order valence-corrected chi connectivity index (χ1v) is 5.33. The number of hydrogen-bond acceptors (Lipinski definition) is 3. The van der Waals surface area contributed by atoms with E-state index in [2.05, 4.69) is 11.7 Å². The summed E-state index contributed by atoms with van der Waals surface area (Å²) in [6.07, 6.45) is 4.75. The van der Waals surface area contributed by atoms with E-state index in [0.29, 0.717) is 6.42 Å². The van der Waals surface area contributed by atoms with Crippen LogP contribution in [-0.2, 0) is 14.3 Å². The molecule has 4 heteroatoms. The molecule has 0 saturated carbocycles. The highest BCUT2D eigenvalue weighted by atomic mass is 35.5. The molecule has 0 fully saturated rings. The molecule has 0 rings (SSSR count). The Hall–Kier alpha value is -0.570. The first-order valence-electron chi connectivity index (χ1n) is 4.89. The van der Waals surface area contributed by atoms with Crippen LogP contribution < -0.4 is 0 Å². The number of hydrogen-bond donors (Lipinski definition) is 0. The van der Waals surface area contributed by atoms with Crippen molar-refractivity contribution in [3.8, 4) is 0 Å². The van der Waals surface area contributed by atoms with Gasteiger partial charge in [0, 0.05) is 0 Å². The van der Waals surface area contributed by atoms with E-state index in [1.54, 1.807) is 0 Å². The van der Waals surface area contributed by atoms with Crippen molar-refractivity contribution in [1.82, 2.24) is 0 Å². The van der Waals surface area contributed by atoms with Crippen LogP contribution in [0.25, 0.3) is 0 Å². The lowest BCUT2D eigenvalue weighted by atomic mass is 10.1. The number of unbranched alkanes of at least 4 members (excludes halogenated alkanes) is 3. The largest absolute Gasteiger partial charge is 0.463 e. The molecule has 1 atom stereocenters. The maximum atomic E-state index is 11.1. The van der Waals surface area contributed by atoms with Crippen LogP contribution in [0, 0.1) is 0 Å². The van der Waals surface area contributed by atoms with E-state index >= 15 is 0 Å². The van der Waals surface area contributed by atoms with Crippen LogP contribution >= 0.6 is 11.6 Å². The van der Waals surface area contributed by atoms with Gasteiger partial charge in [-0.1, -0.05) is 32.6 Å². The average molecular weight is 221 g/mol. The zero-order valence-corrected chi connectivity index (χ0v) is 9.47. The molecule has 82 valence electrons. The van der Waals surface area contributed by atoms with Crippen LogP contribution in [0.15, 0.2) is 0 Å². The number of ketones is 1. The van der Waals surface area contributed by atoms with E-state index in [-0.39, 0.29) is 0 Å². The van der Waals surface area contributed by atoms with Crippen molar-refractivity contribution in [3.63, 3.8) is 0 Å². The van der Waals surface area contributed by atoms with E-state index in [1.807, 2.05) is 0 Å². The SMILES string of the molecule is CCCCCCC(Cl)C(=O)C(=O)OC. The zero-order chi connectivity index (χ0) is 11.0. The number of ether oxygens (including phenoxy) is 1. The summed E-state index contributed by atoms with van der Waals surface area (Å²) in [7, 11) is 1.18. The van der Waals surface area contributed by atoms with Crippen molar-refractivity contribution in [2.75, 3.05) is 7.11 Å². The molecule has 0 radical (unpaired) electrons. The molecule has 0 aromatic carbocycles. The number of rotatable bonds is 7. The Bertz CT molecular complexity index is 192. The summed E-state index contributed by atoms with van der Waals surface area (Å²) in [5, 5.41) is -0.723. The first-order chi connectivity index (χ1) is 6.63. The van der Waals surface area contributed by atoms with Gasteiger partial charge < -0.3 is 4.74 Å². The molecule has 0 aromatic heterocycles. The Morgan fingerprint density at radius 3 is 2.43 bits per heavy atom. The van der Waals surface area contributed by atoms with Crippen molar-refractivity contribution >= 4 is 23.4 Å². The smallest absolute Gasteiger partial charge is 0.375 e. The van der Waals surface area contributed by atoms with Gasteiger partial charge in [-0.2, -0.15) is 0 Å². The predicted molar refractivity (Wildman–Crippen MR) is 55.4 cm³/mol. The predicted octanol–water partition coefficient (Wildman–Crippen LogP) is 2.31. The fourth-order valence-corrected chi connectivity index (χ4v) is 1.35. The van der Waals surface area contributed by atoms with Crippen LogP contribution in [0.4, 0.5) is 0 Å². The fourth-order valence-electron chi connectivity index (χ4n) is 1.11. The normalized spacial score (nSPS) is 12.2. The number of carbonyl (C=O) groups is 2. The third-order valence-corrected chi connectivity index (χ3v) is 2.40. The lowest BCUT2D eigenvalue weighted by molar-refractivity contribution is -0.151. The molecule has 0 aliphatic carbocycles. The molecule has 0 heterocycles. The van der Waals surface area contributed by atoms with Gasteiger partial charge in [0.25, 0.3) is 5.78 Å². The van der Waals surface area contributed by atoms with Gasteiger partial charge in [0.15, 0.2) is 0 Å². The Balaban J connectivity index is 3.67.